The summed E-state index contributed by atoms with van der Waals surface area (Å²) in [5.74, 6) is 0. The minimum absolute atomic E-state index is 0.433. The molecule has 0 aliphatic heterocycles. The van der Waals surface area contributed by atoms with Crippen molar-refractivity contribution >= 4 is 21.6 Å². The van der Waals surface area contributed by atoms with Crippen LogP contribution in [0.4, 0.5) is 0 Å². The predicted octanol–water partition coefficient (Wildman–Crippen LogP) is 1.76. The normalized spacial score (nSPS) is 23.2. The molecule has 0 atom stereocenters. The highest BCUT2D eigenvalue weighted by atomic mass is 79.9. The lowest BCUT2D eigenvalue weighted by Gasteiger charge is -2.34. The molecule has 0 spiro atoms. The zero-order chi connectivity index (χ0) is 12.5. The molecule has 5 nitrogen and oxygen atoms in total. The van der Waals surface area contributed by atoms with Gasteiger partial charge in [0.15, 0.2) is 5.65 Å². The van der Waals surface area contributed by atoms with Crippen molar-refractivity contribution in [2.75, 3.05) is 7.11 Å². The van der Waals surface area contributed by atoms with E-state index in [1.165, 1.54) is 0 Å². The first kappa shape index (κ1) is 12.1. The first-order valence-corrected chi connectivity index (χ1v) is 6.79. The first-order valence-electron chi connectivity index (χ1n) is 6.00. The quantitative estimate of drug-likeness (QED) is 0.935. The van der Waals surface area contributed by atoms with E-state index in [0.29, 0.717) is 12.1 Å². The molecular weight excluding hydrogens is 296 g/mol. The van der Waals surface area contributed by atoms with E-state index in [4.69, 9.17) is 4.74 Å². The van der Waals surface area contributed by atoms with Crippen molar-refractivity contribution in [2.45, 2.75) is 31.5 Å². The van der Waals surface area contributed by atoms with Gasteiger partial charge in [0.2, 0.25) is 0 Å². The highest BCUT2D eigenvalue weighted by Gasteiger charge is 2.28. The van der Waals surface area contributed by atoms with Crippen LogP contribution in [-0.2, 0) is 11.3 Å². The molecule has 2 heterocycles. The standard InChI is InChI=1S/C12H15BrN4O/c1-18-10-2-8(3-10)14-4-9-5-16-12-6-15-11(13)7-17(9)12/h5-8,10,14H,2-4H2,1H3. The van der Waals surface area contributed by atoms with Gasteiger partial charge in [-0.2, -0.15) is 0 Å². The Morgan fingerprint density at radius 3 is 3.06 bits per heavy atom. The van der Waals surface area contributed by atoms with E-state index in [9.17, 15) is 0 Å². The van der Waals surface area contributed by atoms with Crippen molar-refractivity contribution < 1.29 is 4.74 Å². The Kier molecular flexibility index (Phi) is 3.32. The van der Waals surface area contributed by atoms with Gasteiger partial charge in [-0.3, -0.25) is 4.40 Å². The molecule has 0 aromatic carbocycles. The van der Waals surface area contributed by atoms with Crippen molar-refractivity contribution in [3.8, 4) is 0 Å². The van der Waals surface area contributed by atoms with E-state index < -0.39 is 0 Å². The molecule has 0 unspecified atom stereocenters. The summed E-state index contributed by atoms with van der Waals surface area (Å²) in [5, 5.41) is 3.52. The van der Waals surface area contributed by atoms with Crippen LogP contribution in [0.2, 0.25) is 0 Å². The summed E-state index contributed by atoms with van der Waals surface area (Å²) < 4.78 is 8.14. The minimum Gasteiger partial charge on any atom is -0.381 e. The third-order valence-corrected chi connectivity index (χ3v) is 3.85. The summed E-state index contributed by atoms with van der Waals surface area (Å²) in [5.41, 5.74) is 2.02. The topological polar surface area (TPSA) is 51.5 Å². The fourth-order valence-corrected chi connectivity index (χ4v) is 2.53. The van der Waals surface area contributed by atoms with Crippen LogP contribution in [0.15, 0.2) is 23.2 Å². The van der Waals surface area contributed by atoms with E-state index in [1.54, 1.807) is 13.3 Å². The van der Waals surface area contributed by atoms with Crippen LogP contribution in [0.3, 0.4) is 0 Å². The Bertz CT molecular complexity index is 550. The summed E-state index contributed by atoms with van der Waals surface area (Å²) in [6.07, 6.45) is 8.22. The van der Waals surface area contributed by atoms with E-state index in [-0.39, 0.29) is 0 Å². The monoisotopic (exact) mass is 310 g/mol. The van der Waals surface area contributed by atoms with Gasteiger partial charge in [0.05, 0.1) is 24.2 Å². The molecule has 0 amide bonds. The number of aromatic nitrogens is 3. The molecule has 3 rings (SSSR count). The molecule has 96 valence electrons. The Hall–Kier alpha value is -0.980. The van der Waals surface area contributed by atoms with Crippen LogP contribution < -0.4 is 5.32 Å². The van der Waals surface area contributed by atoms with Crippen LogP contribution >= 0.6 is 15.9 Å². The van der Waals surface area contributed by atoms with Gasteiger partial charge in [0.25, 0.3) is 0 Å². The third-order valence-electron chi connectivity index (χ3n) is 3.44. The molecule has 2 aromatic rings. The minimum atomic E-state index is 0.433. The van der Waals surface area contributed by atoms with Crippen LogP contribution in [-0.4, -0.2) is 33.6 Å². The predicted molar refractivity (Wildman–Crippen MR) is 71.3 cm³/mol. The van der Waals surface area contributed by atoms with Crippen LogP contribution in [0.1, 0.15) is 18.5 Å². The third kappa shape index (κ3) is 2.28. The molecule has 1 aliphatic rings. The molecule has 0 bridgehead atoms. The number of ether oxygens (including phenoxy) is 1. The highest BCUT2D eigenvalue weighted by molar-refractivity contribution is 9.10. The lowest BCUT2D eigenvalue weighted by molar-refractivity contribution is 0.0169. The van der Waals surface area contributed by atoms with Crippen LogP contribution in [0.25, 0.3) is 5.65 Å². The largest absolute Gasteiger partial charge is 0.381 e. The van der Waals surface area contributed by atoms with Crippen molar-refractivity contribution in [1.29, 1.82) is 0 Å². The maximum Gasteiger partial charge on any atom is 0.155 e. The molecule has 0 radical (unpaired) electrons. The molecule has 1 aliphatic carbocycles. The average molecular weight is 311 g/mol. The van der Waals surface area contributed by atoms with Gasteiger partial charge in [-0.15, -0.1) is 0 Å². The summed E-state index contributed by atoms with van der Waals surface area (Å²) in [6.45, 7) is 0.818. The maximum atomic E-state index is 5.27. The first-order chi connectivity index (χ1) is 8.76. The number of halogens is 1. The molecular formula is C12H15BrN4O. The molecule has 0 saturated heterocycles. The molecule has 1 fully saturated rings. The van der Waals surface area contributed by atoms with Crippen molar-refractivity contribution in [1.82, 2.24) is 19.7 Å². The Balaban J connectivity index is 1.66. The second-order valence-corrected chi connectivity index (χ2v) is 5.41. The number of imidazole rings is 1. The number of fused-ring (bicyclic) bond motifs is 1. The van der Waals surface area contributed by atoms with Crippen LogP contribution in [0, 0.1) is 0 Å². The van der Waals surface area contributed by atoms with Crippen LogP contribution in [0.5, 0.6) is 0 Å². The number of hydrogen-bond acceptors (Lipinski definition) is 4. The summed E-state index contributed by atoms with van der Waals surface area (Å²) in [7, 11) is 1.77. The van der Waals surface area contributed by atoms with Gasteiger partial charge >= 0.3 is 0 Å². The maximum absolute atomic E-state index is 5.27. The lowest BCUT2D eigenvalue weighted by atomic mass is 9.89. The average Bonchev–Trinajstić information content (AvgIpc) is 2.70. The number of rotatable bonds is 4. The van der Waals surface area contributed by atoms with Gasteiger partial charge in [0, 0.05) is 25.9 Å². The number of nitrogens with zero attached hydrogens (tertiary/aromatic N) is 3. The zero-order valence-electron chi connectivity index (χ0n) is 10.1. The number of hydrogen-bond donors (Lipinski definition) is 1. The summed E-state index contributed by atoms with van der Waals surface area (Å²) >= 11 is 3.38. The Morgan fingerprint density at radius 2 is 2.28 bits per heavy atom. The van der Waals surface area contributed by atoms with Gasteiger partial charge in [-0.05, 0) is 28.8 Å². The van der Waals surface area contributed by atoms with Crippen molar-refractivity contribution in [3.63, 3.8) is 0 Å². The van der Waals surface area contributed by atoms with Crippen molar-refractivity contribution in [2.24, 2.45) is 0 Å². The SMILES string of the molecule is COC1CC(NCc2cnc3cnc(Br)cn23)C1. The van der Waals surface area contributed by atoms with E-state index in [2.05, 4.69) is 35.6 Å². The number of nitrogens with one attached hydrogen (secondary N) is 1. The van der Waals surface area contributed by atoms with Gasteiger partial charge in [-0.25, -0.2) is 9.97 Å². The number of methoxy groups -OCH3 is 1. The zero-order valence-corrected chi connectivity index (χ0v) is 11.7. The second-order valence-electron chi connectivity index (χ2n) is 4.59. The Labute approximate surface area is 114 Å². The summed E-state index contributed by atoms with van der Waals surface area (Å²) in [4.78, 5) is 8.49. The fraction of sp³-hybridized carbons (Fsp3) is 0.500. The smallest absolute Gasteiger partial charge is 0.155 e. The molecule has 6 heteroatoms. The molecule has 1 N–H and O–H groups in total. The van der Waals surface area contributed by atoms with E-state index in [1.807, 2.05) is 12.4 Å². The Morgan fingerprint density at radius 1 is 1.44 bits per heavy atom. The van der Waals surface area contributed by atoms with E-state index in [0.717, 1.165) is 35.3 Å². The van der Waals surface area contributed by atoms with E-state index >= 15 is 0 Å². The fourth-order valence-electron chi connectivity index (χ4n) is 2.22. The van der Waals surface area contributed by atoms with Gasteiger partial charge in [-0.1, -0.05) is 0 Å². The summed E-state index contributed by atoms with van der Waals surface area (Å²) in [6, 6.07) is 0.561. The van der Waals surface area contributed by atoms with Gasteiger partial charge < -0.3 is 10.1 Å². The molecule has 2 aromatic heterocycles. The van der Waals surface area contributed by atoms with Crippen molar-refractivity contribution in [3.05, 3.63) is 28.9 Å². The molecule has 18 heavy (non-hydrogen) atoms. The second kappa shape index (κ2) is 4.95. The van der Waals surface area contributed by atoms with Gasteiger partial charge in [0.1, 0.15) is 4.60 Å². The lowest BCUT2D eigenvalue weighted by Crippen LogP contribution is -2.44. The highest BCUT2D eigenvalue weighted by Crippen LogP contribution is 2.22. The molecule has 1 saturated carbocycles.